The molecule has 11 heteroatoms. The number of rotatable bonds is 11. The Morgan fingerprint density at radius 2 is 1.70 bits per heavy atom. The Hall–Kier alpha value is -3.95. The first-order chi connectivity index (χ1) is 22.3. The van der Waals surface area contributed by atoms with Crippen LogP contribution in [0.5, 0.6) is 11.5 Å². The highest BCUT2D eigenvalue weighted by Crippen LogP contribution is 2.38. The van der Waals surface area contributed by atoms with Gasteiger partial charge in [0.2, 0.25) is 0 Å². The number of hydrogen-bond donors (Lipinski definition) is 0. The normalized spacial score (nSPS) is 16.0. The predicted octanol–water partition coefficient (Wildman–Crippen LogP) is 6.35. The van der Waals surface area contributed by atoms with Crippen molar-refractivity contribution in [3.05, 3.63) is 54.4 Å². The SMILES string of the molecule is COc1cc(-c2cc3c(-c4ccc(OC5CCOCC5)c(C#N)c4)ncnc3n2COCC[Si](C)(C)C)ccc1N1CCOCC1. The van der Waals surface area contributed by atoms with Crippen molar-refractivity contribution in [2.45, 2.75) is 51.4 Å². The minimum atomic E-state index is -1.26. The van der Waals surface area contributed by atoms with Gasteiger partial charge in [-0.05, 0) is 42.4 Å². The third-order valence-electron chi connectivity index (χ3n) is 8.57. The van der Waals surface area contributed by atoms with Crippen LogP contribution in [0.25, 0.3) is 33.5 Å². The Morgan fingerprint density at radius 3 is 2.43 bits per heavy atom. The van der Waals surface area contributed by atoms with E-state index in [4.69, 9.17) is 33.7 Å². The highest BCUT2D eigenvalue weighted by atomic mass is 28.3. The lowest BCUT2D eigenvalue weighted by Crippen LogP contribution is -2.36. The Bertz CT molecular complexity index is 1700. The van der Waals surface area contributed by atoms with E-state index in [-0.39, 0.29) is 6.10 Å². The molecule has 6 rings (SSSR count). The van der Waals surface area contributed by atoms with Crippen LogP contribution >= 0.6 is 0 Å². The lowest BCUT2D eigenvalue weighted by Gasteiger charge is -2.30. The highest BCUT2D eigenvalue weighted by molar-refractivity contribution is 6.76. The van der Waals surface area contributed by atoms with Gasteiger partial charge in [0, 0.05) is 57.1 Å². The van der Waals surface area contributed by atoms with Crippen LogP contribution in [0, 0.1) is 11.3 Å². The van der Waals surface area contributed by atoms with Gasteiger partial charge in [-0.3, -0.25) is 0 Å². The fourth-order valence-electron chi connectivity index (χ4n) is 5.94. The average Bonchev–Trinajstić information content (AvgIpc) is 3.45. The van der Waals surface area contributed by atoms with E-state index in [1.165, 1.54) is 0 Å². The van der Waals surface area contributed by atoms with Crippen LogP contribution in [-0.4, -0.2) is 81.9 Å². The van der Waals surface area contributed by atoms with Crippen molar-refractivity contribution in [2.24, 2.45) is 0 Å². The molecule has 2 fully saturated rings. The molecule has 0 aliphatic carbocycles. The fraction of sp³-hybridized carbons (Fsp3) is 0.457. The summed E-state index contributed by atoms with van der Waals surface area (Å²) in [7, 11) is 0.452. The Labute approximate surface area is 271 Å². The summed E-state index contributed by atoms with van der Waals surface area (Å²) in [4.78, 5) is 11.8. The van der Waals surface area contributed by atoms with Gasteiger partial charge in [0.15, 0.2) is 0 Å². The van der Waals surface area contributed by atoms with E-state index in [1.807, 2.05) is 18.2 Å². The lowest BCUT2D eigenvalue weighted by atomic mass is 10.0. The standard InChI is InChI=1S/C35H43N5O5Si/c1-41-33-20-25(5-7-30(33)39-11-15-43-16-12-39)31-21-29-34(37-23-38-35(29)40(31)24-44-17-18-46(2,3)4)26-6-8-32(27(19-26)22-36)45-28-9-13-42-14-10-28/h5-8,19-21,23,28H,9-18,24H2,1-4H3. The monoisotopic (exact) mass is 641 g/mol. The molecule has 2 saturated heterocycles. The van der Waals surface area contributed by atoms with Gasteiger partial charge in [0.25, 0.3) is 0 Å². The second-order valence-corrected chi connectivity index (χ2v) is 18.6. The number of ether oxygens (including phenoxy) is 5. The van der Waals surface area contributed by atoms with Crippen LogP contribution in [0.3, 0.4) is 0 Å². The van der Waals surface area contributed by atoms with Gasteiger partial charge in [-0.2, -0.15) is 5.26 Å². The first-order valence-corrected chi connectivity index (χ1v) is 19.8. The van der Waals surface area contributed by atoms with Crippen molar-refractivity contribution < 1.29 is 23.7 Å². The zero-order valence-corrected chi connectivity index (χ0v) is 28.3. The summed E-state index contributed by atoms with van der Waals surface area (Å²) in [5, 5.41) is 10.9. The van der Waals surface area contributed by atoms with Gasteiger partial charge >= 0.3 is 0 Å². The summed E-state index contributed by atoms with van der Waals surface area (Å²) in [5.74, 6) is 1.39. The van der Waals surface area contributed by atoms with Gasteiger partial charge in [0.05, 0.1) is 56.2 Å². The quantitative estimate of drug-likeness (QED) is 0.137. The van der Waals surface area contributed by atoms with Crippen molar-refractivity contribution >= 4 is 24.8 Å². The molecule has 242 valence electrons. The number of morpholine rings is 1. The molecule has 0 spiro atoms. The molecule has 46 heavy (non-hydrogen) atoms. The summed E-state index contributed by atoms with van der Waals surface area (Å²) in [6.45, 7) is 12.5. The number of fused-ring (bicyclic) bond motifs is 1. The molecule has 0 atom stereocenters. The first kappa shape index (κ1) is 32.0. The van der Waals surface area contributed by atoms with Crippen molar-refractivity contribution in [1.29, 1.82) is 5.26 Å². The molecule has 0 amide bonds. The number of anilines is 1. The second kappa shape index (κ2) is 14.2. The largest absolute Gasteiger partial charge is 0.495 e. The number of methoxy groups -OCH3 is 1. The molecule has 0 saturated carbocycles. The molecule has 2 aliphatic heterocycles. The maximum Gasteiger partial charge on any atom is 0.146 e. The van der Waals surface area contributed by atoms with Gasteiger partial charge in [0.1, 0.15) is 42.4 Å². The van der Waals surface area contributed by atoms with E-state index in [0.717, 1.165) is 77.0 Å². The fourth-order valence-corrected chi connectivity index (χ4v) is 6.70. The average molecular weight is 642 g/mol. The molecule has 0 N–H and O–H groups in total. The minimum absolute atomic E-state index is 0.0432. The molecule has 0 radical (unpaired) electrons. The van der Waals surface area contributed by atoms with Crippen LogP contribution in [0.15, 0.2) is 48.8 Å². The lowest BCUT2D eigenvalue weighted by molar-refractivity contribution is 0.0254. The Balaban J connectivity index is 1.39. The van der Waals surface area contributed by atoms with Crippen LogP contribution < -0.4 is 14.4 Å². The van der Waals surface area contributed by atoms with E-state index in [9.17, 15) is 5.26 Å². The third-order valence-corrected chi connectivity index (χ3v) is 10.3. The molecule has 2 aromatic heterocycles. The van der Waals surface area contributed by atoms with Crippen molar-refractivity contribution in [1.82, 2.24) is 14.5 Å². The van der Waals surface area contributed by atoms with Gasteiger partial charge in [-0.25, -0.2) is 9.97 Å². The van der Waals surface area contributed by atoms with Crippen LogP contribution in [0.4, 0.5) is 5.69 Å². The molecule has 0 unspecified atom stereocenters. The van der Waals surface area contributed by atoms with Crippen LogP contribution in [-0.2, 0) is 20.9 Å². The highest BCUT2D eigenvalue weighted by Gasteiger charge is 2.22. The van der Waals surface area contributed by atoms with E-state index in [1.54, 1.807) is 13.4 Å². The first-order valence-electron chi connectivity index (χ1n) is 16.1. The third kappa shape index (κ3) is 7.21. The molecule has 0 bridgehead atoms. The molecule has 4 heterocycles. The smallest absolute Gasteiger partial charge is 0.146 e. The molecule has 2 aliphatic rings. The summed E-state index contributed by atoms with van der Waals surface area (Å²) in [6.07, 6.45) is 3.25. The predicted molar refractivity (Wildman–Crippen MR) is 181 cm³/mol. The molecule has 2 aromatic carbocycles. The number of nitriles is 1. The number of benzene rings is 2. The van der Waals surface area contributed by atoms with Crippen molar-refractivity contribution in [2.75, 3.05) is 58.1 Å². The van der Waals surface area contributed by atoms with Crippen LogP contribution in [0.2, 0.25) is 25.7 Å². The zero-order chi connectivity index (χ0) is 32.1. The Kier molecular flexibility index (Phi) is 9.89. The molecular formula is C35H43N5O5Si. The van der Waals surface area contributed by atoms with Gasteiger partial charge < -0.3 is 33.2 Å². The van der Waals surface area contributed by atoms with E-state index in [0.29, 0.717) is 51.1 Å². The summed E-state index contributed by atoms with van der Waals surface area (Å²) < 4.78 is 31.5. The summed E-state index contributed by atoms with van der Waals surface area (Å²) in [5.41, 5.74) is 5.82. The molecule has 10 nitrogen and oxygen atoms in total. The molecular weight excluding hydrogens is 599 g/mol. The van der Waals surface area contributed by atoms with Crippen molar-refractivity contribution in [3.63, 3.8) is 0 Å². The Morgan fingerprint density at radius 1 is 0.935 bits per heavy atom. The van der Waals surface area contributed by atoms with Gasteiger partial charge in [-0.15, -0.1) is 0 Å². The summed E-state index contributed by atoms with van der Waals surface area (Å²) in [6, 6.07) is 17.6. The topological polar surface area (TPSA) is 104 Å². The maximum atomic E-state index is 10.0. The number of nitrogens with zero attached hydrogens (tertiary/aromatic N) is 5. The van der Waals surface area contributed by atoms with E-state index >= 15 is 0 Å². The maximum absolute atomic E-state index is 10.0. The number of hydrogen-bond acceptors (Lipinski definition) is 9. The summed E-state index contributed by atoms with van der Waals surface area (Å²) >= 11 is 0. The number of aromatic nitrogens is 3. The van der Waals surface area contributed by atoms with E-state index < -0.39 is 8.07 Å². The molecule has 4 aromatic rings. The van der Waals surface area contributed by atoms with E-state index in [2.05, 4.69) is 59.4 Å². The second-order valence-electron chi connectivity index (χ2n) is 13.0. The minimum Gasteiger partial charge on any atom is -0.495 e. The van der Waals surface area contributed by atoms with Crippen LogP contribution in [0.1, 0.15) is 18.4 Å². The van der Waals surface area contributed by atoms with Crippen molar-refractivity contribution in [3.8, 4) is 40.1 Å². The van der Waals surface area contributed by atoms with Gasteiger partial charge in [-0.1, -0.05) is 25.7 Å². The zero-order valence-electron chi connectivity index (χ0n) is 27.3.